The van der Waals surface area contributed by atoms with Crippen molar-refractivity contribution in [3.05, 3.63) is 17.6 Å². The van der Waals surface area contributed by atoms with Gasteiger partial charge in [0, 0.05) is 45.3 Å². The largest absolute Gasteiger partial charge is 0.450 e. The summed E-state index contributed by atoms with van der Waals surface area (Å²) in [6, 6.07) is 1.77. The molecule has 0 atom stereocenters. The van der Waals surface area contributed by atoms with Crippen molar-refractivity contribution in [2.24, 2.45) is 0 Å². The van der Waals surface area contributed by atoms with Gasteiger partial charge in [-0.2, -0.15) is 0 Å². The van der Waals surface area contributed by atoms with Crippen molar-refractivity contribution >= 4 is 17.8 Å². The fourth-order valence-corrected chi connectivity index (χ4v) is 3.24. The number of rotatable bonds is 3. The summed E-state index contributed by atoms with van der Waals surface area (Å²) in [5.74, 6) is 1.32. The molecule has 0 saturated carbocycles. The Labute approximate surface area is 147 Å². The summed E-state index contributed by atoms with van der Waals surface area (Å²) >= 11 is 0. The maximum absolute atomic E-state index is 12.6. The fraction of sp³-hybridized carbons (Fsp3) is 0.647. The number of anilines is 1. The van der Waals surface area contributed by atoms with Crippen LogP contribution in [-0.4, -0.2) is 77.6 Å². The number of aromatic nitrogens is 2. The van der Waals surface area contributed by atoms with Crippen molar-refractivity contribution in [3.63, 3.8) is 0 Å². The van der Waals surface area contributed by atoms with Gasteiger partial charge in [0.15, 0.2) is 0 Å². The van der Waals surface area contributed by atoms with Gasteiger partial charge in [0.05, 0.1) is 6.61 Å². The van der Waals surface area contributed by atoms with E-state index in [1.54, 1.807) is 24.8 Å². The molecule has 0 bridgehead atoms. The van der Waals surface area contributed by atoms with Crippen LogP contribution in [0.2, 0.25) is 0 Å². The van der Waals surface area contributed by atoms with Gasteiger partial charge in [-0.25, -0.2) is 14.8 Å². The first-order chi connectivity index (χ1) is 12.1. The lowest BCUT2D eigenvalue weighted by Crippen LogP contribution is -2.49. The summed E-state index contributed by atoms with van der Waals surface area (Å²) in [5, 5.41) is 0. The number of carbonyl (C=O) groups is 2. The quantitative estimate of drug-likeness (QED) is 0.820. The second-order valence-corrected chi connectivity index (χ2v) is 6.33. The van der Waals surface area contributed by atoms with E-state index in [1.165, 1.54) is 0 Å². The van der Waals surface area contributed by atoms with Crippen LogP contribution in [0.25, 0.3) is 0 Å². The molecule has 2 aliphatic heterocycles. The van der Waals surface area contributed by atoms with Gasteiger partial charge in [0.25, 0.3) is 5.91 Å². The Bertz CT molecular complexity index is 637. The molecule has 25 heavy (non-hydrogen) atoms. The zero-order chi connectivity index (χ0) is 17.8. The van der Waals surface area contributed by atoms with E-state index in [4.69, 9.17) is 4.74 Å². The number of nitrogens with zero attached hydrogens (tertiary/aromatic N) is 5. The number of aryl methyl sites for hydroxylation is 1. The topological polar surface area (TPSA) is 78.9 Å². The summed E-state index contributed by atoms with van der Waals surface area (Å²) in [4.78, 5) is 38.8. The number of carbonyl (C=O) groups excluding carboxylic acids is 2. The highest BCUT2D eigenvalue weighted by Crippen LogP contribution is 2.18. The van der Waals surface area contributed by atoms with E-state index < -0.39 is 0 Å². The summed E-state index contributed by atoms with van der Waals surface area (Å²) < 4.78 is 5.04. The summed E-state index contributed by atoms with van der Waals surface area (Å²) in [7, 11) is 0. The molecule has 8 nitrogen and oxygen atoms in total. The molecular formula is C17H25N5O3. The minimum Gasteiger partial charge on any atom is -0.450 e. The lowest BCUT2D eigenvalue weighted by atomic mass is 10.3. The first-order valence-electron chi connectivity index (χ1n) is 8.90. The highest BCUT2D eigenvalue weighted by atomic mass is 16.6. The van der Waals surface area contributed by atoms with E-state index in [0.717, 1.165) is 31.7 Å². The summed E-state index contributed by atoms with van der Waals surface area (Å²) in [5.41, 5.74) is 0.456. The molecule has 0 radical (unpaired) electrons. The third-order valence-corrected chi connectivity index (χ3v) is 4.57. The first-order valence-corrected chi connectivity index (χ1v) is 8.90. The standard InChI is InChI=1S/C17H25N5O3/c1-3-25-17(24)22-10-8-20(9-11-22)15-12-14(18-13(2)19-15)16(23)21-6-4-5-7-21/h12H,3-11H2,1-2H3. The van der Waals surface area contributed by atoms with E-state index in [1.807, 2.05) is 4.90 Å². The van der Waals surface area contributed by atoms with Gasteiger partial charge in [-0.1, -0.05) is 0 Å². The SMILES string of the molecule is CCOC(=O)N1CCN(c2cc(C(=O)N3CCCC3)nc(C)n2)CC1. The van der Waals surface area contributed by atoms with Gasteiger partial charge in [-0.05, 0) is 26.7 Å². The van der Waals surface area contributed by atoms with E-state index in [9.17, 15) is 9.59 Å². The van der Waals surface area contributed by atoms with Crippen molar-refractivity contribution in [1.29, 1.82) is 0 Å². The van der Waals surface area contributed by atoms with Crippen LogP contribution in [0.1, 0.15) is 36.1 Å². The Morgan fingerprint density at radius 3 is 2.36 bits per heavy atom. The molecule has 0 aliphatic carbocycles. The molecule has 0 aromatic carbocycles. The average Bonchev–Trinajstić information content (AvgIpc) is 3.15. The molecule has 0 spiro atoms. The second kappa shape index (κ2) is 7.67. The molecule has 1 aromatic rings. The highest BCUT2D eigenvalue weighted by molar-refractivity contribution is 5.93. The van der Waals surface area contributed by atoms with Gasteiger partial charge in [0.1, 0.15) is 17.3 Å². The van der Waals surface area contributed by atoms with Crippen molar-refractivity contribution < 1.29 is 14.3 Å². The predicted molar refractivity (Wildman–Crippen MR) is 92.7 cm³/mol. The van der Waals surface area contributed by atoms with Gasteiger partial charge >= 0.3 is 6.09 Å². The van der Waals surface area contributed by atoms with Crippen LogP contribution in [0, 0.1) is 6.92 Å². The second-order valence-electron chi connectivity index (χ2n) is 6.33. The van der Waals surface area contributed by atoms with Crippen LogP contribution in [0.4, 0.5) is 10.6 Å². The van der Waals surface area contributed by atoms with Gasteiger partial charge < -0.3 is 19.4 Å². The Morgan fingerprint density at radius 2 is 1.72 bits per heavy atom. The van der Waals surface area contributed by atoms with Crippen LogP contribution >= 0.6 is 0 Å². The number of likely N-dealkylation sites (tertiary alicyclic amines) is 1. The predicted octanol–water partition coefficient (Wildman–Crippen LogP) is 1.30. The molecular weight excluding hydrogens is 322 g/mol. The summed E-state index contributed by atoms with van der Waals surface area (Å²) in [6.45, 7) is 8.07. The maximum atomic E-state index is 12.6. The normalized spacial score (nSPS) is 17.8. The van der Waals surface area contributed by atoms with Crippen LogP contribution in [-0.2, 0) is 4.74 Å². The fourth-order valence-electron chi connectivity index (χ4n) is 3.24. The minimum absolute atomic E-state index is 0.0191. The van der Waals surface area contributed by atoms with E-state index in [-0.39, 0.29) is 12.0 Å². The van der Waals surface area contributed by atoms with E-state index in [0.29, 0.717) is 44.3 Å². The molecule has 136 valence electrons. The molecule has 1 aromatic heterocycles. The maximum Gasteiger partial charge on any atom is 0.409 e. The Kier molecular flexibility index (Phi) is 5.35. The van der Waals surface area contributed by atoms with Crippen LogP contribution in [0.15, 0.2) is 6.07 Å². The third kappa shape index (κ3) is 4.00. The molecule has 0 N–H and O–H groups in total. The smallest absolute Gasteiger partial charge is 0.409 e. The molecule has 3 rings (SSSR count). The Morgan fingerprint density at radius 1 is 1.04 bits per heavy atom. The van der Waals surface area contributed by atoms with E-state index in [2.05, 4.69) is 14.9 Å². The van der Waals surface area contributed by atoms with E-state index >= 15 is 0 Å². The van der Waals surface area contributed by atoms with Crippen molar-refractivity contribution in [2.75, 3.05) is 50.8 Å². The molecule has 8 heteroatoms. The zero-order valence-electron chi connectivity index (χ0n) is 14.9. The highest BCUT2D eigenvalue weighted by Gasteiger charge is 2.25. The summed E-state index contributed by atoms with van der Waals surface area (Å²) in [6.07, 6.45) is 1.84. The van der Waals surface area contributed by atoms with Crippen molar-refractivity contribution in [1.82, 2.24) is 19.8 Å². The zero-order valence-corrected chi connectivity index (χ0v) is 14.9. The molecule has 2 fully saturated rings. The molecule has 3 heterocycles. The monoisotopic (exact) mass is 347 g/mol. The molecule has 0 unspecified atom stereocenters. The van der Waals surface area contributed by atoms with Crippen molar-refractivity contribution in [3.8, 4) is 0 Å². The minimum atomic E-state index is -0.272. The van der Waals surface area contributed by atoms with Gasteiger partial charge in [-0.3, -0.25) is 4.79 Å². The number of hydrogen-bond acceptors (Lipinski definition) is 6. The number of hydrogen-bond donors (Lipinski definition) is 0. The van der Waals surface area contributed by atoms with Crippen LogP contribution < -0.4 is 4.90 Å². The lowest BCUT2D eigenvalue weighted by molar-refractivity contribution is 0.0786. The molecule has 2 amide bonds. The number of amides is 2. The molecule has 2 saturated heterocycles. The Hall–Kier alpha value is -2.38. The number of ether oxygens (including phenoxy) is 1. The Balaban J connectivity index is 1.69. The third-order valence-electron chi connectivity index (χ3n) is 4.57. The number of piperazine rings is 1. The lowest BCUT2D eigenvalue weighted by Gasteiger charge is -2.34. The first kappa shape index (κ1) is 17.4. The van der Waals surface area contributed by atoms with Gasteiger partial charge in [0.2, 0.25) is 0 Å². The van der Waals surface area contributed by atoms with Crippen LogP contribution in [0.5, 0.6) is 0 Å². The van der Waals surface area contributed by atoms with Crippen LogP contribution in [0.3, 0.4) is 0 Å². The van der Waals surface area contributed by atoms with Crippen molar-refractivity contribution in [2.45, 2.75) is 26.7 Å². The van der Waals surface area contributed by atoms with Gasteiger partial charge in [-0.15, -0.1) is 0 Å². The average molecular weight is 347 g/mol. The molecule has 2 aliphatic rings.